The zero-order valence-electron chi connectivity index (χ0n) is 13.7. The van der Waals surface area contributed by atoms with Gasteiger partial charge in [-0.3, -0.25) is 4.79 Å². The summed E-state index contributed by atoms with van der Waals surface area (Å²) in [5.74, 6) is 0.355. The van der Waals surface area contributed by atoms with Crippen LogP contribution in [0.2, 0.25) is 0 Å². The highest BCUT2D eigenvalue weighted by atomic mass is 32.1. The minimum atomic E-state index is 0.163. The van der Waals surface area contributed by atoms with Crippen molar-refractivity contribution >= 4 is 33.1 Å². The molecule has 1 fully saturated rings. The predicted molar refractivity (Wildman–Crippen MR) is 100 cm³/mol. The molecule has 1 aliphatic rings. The number of rotatable bonds is 3. The van der Waals surface area contributed by atoms with Crippen molar-refractivity contribution in [2.75, 3.05) is 5.32 Å². The van der Waals surface area contributed by atoms with E-state index in [0.717, 1.165) is 34.6 Å². The standard InChI is InChI=1S/C20H20N2OS/c1-13-6-11-17-18(12-13)24-20(22-17)15-7-9-16(10-8-15)21-19(23)14-4-2-3-5-14/h6-12,14H,2-5H2,1H3,(H,21,23). The second-order valence-electron chi connectivity index (χ2n) is 6.54. The van der Waals surface area contributed by atoms with Crippen LogP contribution in [0.4, 0.5) is 5.69 Å². The predicted octanol–water partition coefficient (Wildman–Crippen LogP) is 5.40. The molecule has 0 radical (unpaired) electrons. The van der Waals surface area contributed by atoms with Gasteiger partial charge < -0.3 is 5.32 Å². The van der Waals surface area contributed by atoms with Crippen LogP contribution in [0.1, 0.15) is 31.2 Å². The Balaban J connectivity index is 1.53. The minimum Gasteiger partial charge on any atom is -0.326 e. The number of anilines is 1. The Bertz CT molecular complexity index is 876. The molecule has 0 aliphatic heterocycles. The van der Waals surface area contributed by atoms with Gasteiger partial charge in [0.05, 0.1) is 10.2 Å². The SMILES string of the molecule is Cc1ccc2nc(-c3ccc(NC(=O)C4CCCC4)cc3)sc2c1. The molecular weight excluding hydrogens is 316 g/mol. The van der Waals surface area contributed by atoms with E-state index in [1.165, 1.54) is 23.1 Å². The number of benzene rings is 2. The summed E-state index contributed by atoms with van der Waals surface area (Å²) in [5.41, 5.74) is 4.25. The molecule has 4 rings (SSSR count). The van der Waals surface area contributed by atoms with Crippen LogP contribution in [-0.2, 0) is 4.79 Å². The lowest BCUT2D eigenvalue weighted by atomic mass is 10.1. The van der Waals surface area contributed by atoms with Gasteiger partial charge in [-0.1, -0.05) is 18.9 Å². The Hall–Kier alpha value is -2.20. The average Bonchev–Trinajstić information content (AvgIpc) is 3.24. The molecule has 3 nitrogen and oxygen atoms in total. The second kappa shape index (κ2) is 6.36. The van der Waals surface area contributed by atoms with Crippen LogP contribution in [0, 0.1) is 12.8 Å². The van der Waals surface area contributed by atoms with Crippen molar-refractivity contribution < 1.29 is 4.79 Å². The summed E-state index contributed by atoms with van der Waals surface area (Å²) >= 11 is 1.71. The van der Waals surface area contributed by atoms with E-state index < -0.39 is 0 Å². The molecule has 1 aromatic heterocycles. The van der Waals surface area contributed by atoms with E-state index in [0.29, 0.717) is 0 Å². The number of fused-ring (bicyclic) bond motifs is 1. The molecule has 0 bridgehead atoms. The van der Waals surface area contributed by atoms with Crippen LogP contribution in [-0.4, -0.2) is 10.9 Å². The molecule has 122 valence electrons. The van der Waals surface area contributed by atoms with E-state index in [9.17, 15) is 4.79 Å². The molecule has 3 aromatic rings. The molecule has 4 heteroatoms. The van der Waals surface area contributed by atoms with Gasteiger partial charge in [0, 0.05) is 17.2 Å². The van der Waals surface area contributed by atoms with Crippen LogP contribution < -0.4 is 5.32 Å². The van der Waals surface area contributed by atoms with E-state index in [2.05, 4.69) is 30.4 Å². The fourth-order valence-electron chi connectivity index (χ4n) is 3.28. The lowest BCUT2D eigenvalue weighted by Gasteiger charge is -2.10. The van der Waals surface area contributed by atoms with Gasteiger partial charge in [0.2, 0.25) is 5.91 Å². The molecule has 0 unspecified atom stereocenters. The van der Waals surface area contributed by atoms with Gasteiger partial charge >= 0.3 is 0 Å². The lowest BCUT2D eigenvalue weighted by Crippen LogP contribution is -2.20. The highest BCUT2D eigenvalue weighted by molar-refractivity contribution is 7.21. The van der Waals surface area contributed by atoms with E-state index >= 15 is 0 Å². The number of hydrogen-bond acceptors (Lipinski definition) is 3. The number of aryl methyl sites for hydroxylation is 1. The highest BCUT2D eigenvalue weighted by Gasteiger charge is 2.22. The van der Waals surface area contributed by atoms with Gasteiger partial charge in [-0.25, -0.2) is 4.98 Å². The van der Waals surface area contributed by atoms with E-state index in [1.54, 1.807) is 11.3 Å². The number of nitrogens with one attached hydrogen (secondary N) is 1. The van der Waals surface area contributed by atoms with Crippen molar-refractivity contribution in [3.8, 4) is 10.6 Å². The number of nitrogens with zero attached hydrogens (tertiary/aromatic N) is 1. The summed E-state index contributed by atoms with van der Waals surface area (Å²) < 4.78 is 1.21. The minimum absolute atomic E-state index is 0.163. The summed E-state index contributed by atoms with van der Waals surface area (Å²) in [6.07, 6.45) is 4.40. The molecule has 1 amide bonds. The lowest BCUT2D eigenvalue weighted by molar-refractivity contribution is -0.119. The van der Waals surface area contributed by atoms with E-state index in [1.807, 2.05) is 24.3 Å². The van der Waals surface area contributed by atoms with Crippen molar-refractivity contribution in [1.29, 1.82) is 0 Å². The summed E-state index contributed by atoms with van der Waals surface area (Å²) in [6, 6.07) is 14.4. The largest absolute Gasteiger partial charge is 0.326 e. The Morgan fingerprint density at radius 3 is 2.62 bits per heavy atom. The third-order valence-corrected chi connectivity index (χ3v) is 5.74. The van der Waals surface area contributed by atoms with Gasteiger partial charge in [-0.15, -0.1) is 11.3 Å². The fourth-order valence-corrected chi connectivity index (χ4v) is 4.35. The first-order chi connectivity index (χ1) is 11.7. The zero-order valence-corrected chi connectivity index (χ0v) is 14.5. The first kappa shape index (κ1) is 15.3. The Labute approximate surface area is 145 Å². The molecule has 0 saturated heterocycles. The monoisotopic (exact) mass is 336 g/mol. The average molecular weight is 336 g/mol. The summed E-state index contributed by atoms with van der Waals surface area (Å²) in [6.45, 7) is 2.10. The zero-order chi connectivity index (χ0) is 16.5. The molecule has 24 heavy (non-hydrogen) atoms. The molecular formula is C20H20N2OS. The van der Waals surface area contributed by atoms with Gasteiger partial charge in [0.25, 0.3) is 0 Å². The number of aromatic nitrogens is 1. The number of carbonyl (C=O) groups is 1. The number of thiazole rings is 1. The molecule has 1 heterocycles. The molecule has 1 saturated carbocycles. The highest BCUT2D eigenvalue weighted by Crippen LogP contribution is 2.31. The smallest absolute Gasteiger partial charge is 0.227 e. The van der Waals surface area contributed by atoms with Crippen LogP contribution in [0.15, 0.2) is 42.5 Å². The van der Waals surface area contributed by atoms with Crippen LogP contribution in [0.25, 0.3) is 20.8 Å². The van der Waals surface area contributed by atoms with Gasteiger partial charge in [0.1, 0.15) is 5.01 Å². The van der Waals surface area contributed by atoms with Crippen molar-refractivity contribution in [3.05, 3.63) is 48.0 Å². The number of carbonyl (C=O) groups excluding carboxylic acids is 1. The second-order valence-corrected chi connectivity index (χ2v) is 7.57. The molecule has 1 N–H and O–H groups in total. The summed E-state index contributed by atoms with van der Waals surface area (Å²) in [5, 5.41) is 4.06. The third-order valence-electron chi connectivity index (χ3n) is 4.67. The molecule has 1 aliphatic carbocycles. The van der Waals surface area contributed by atoms with Crippen LogP contribution in [0.3, 0.4) is 0 Å². The topological polar surface area (TPSA) is 42.0 Å². The maximum Gasteiger partial charge on any atom is 0.227 e. The van der Waals surface area contributed by atoms with Crippen LogP contribution in [0.5, 0.6) is 0 Å². The number of hydrogen-bond donors (Lipinski definition) is 1. The first-order valence-electron chi connectivity index (χ1n) is 8.47. The Kier molecular flexibility index (Phi) is 4.07. The van der Waals surface area contributed by atoms with Crippen molar-refractivity contribution in [1.82, 2.24) is 4.98 Å². The first-order valence-corrected chi connectivity index (χ1v) is 9.29. The number of amides is 1. The van der Waals surface area contributed by atoms with Crippen molar-refractivity contribution in [3.63, 3.8) is 0 Å². The maximum atomic E-state index is 12.2. The summed E-state index contributed by atoms with van der Waals surface area (Å²) in [4.78, 5) is 16.9. The molecule has 0 atom stereocenters. The van der Waals surface area contributed by atoms with Crippen molar-refractivity contribution in [2.45, 2.75) is 32.6 Å². The quantitative estimate of drug-likeness (QED) is 0.696. The van der Waals surface area contributed by atoms with Crippen LogP contribution >= 0.6 is 11.3 Å². The Morgan fingerprint density at radius 1 is 1.12 bits per heavy atom. The van der Waals surface area contributed by atoms with E-state index in [4.69, 9.17) is 4.98 Å². The maximum absolute atomic E-state index is 12.2. The summed E-state index contributed by atoms with van der Waals surface area (Å²) in [7, 11) is 0. The van der Waals surface area contributed by atoms with Gasteiger partial charge in [-0.2, -0.15) is 0 Å². The normalized spacial score (nSPS) is 15.0. The van der Waals surface area contributed by atoms with Gasteiger partial charge in [-0.05, 0) is 61.7 Å². The molecule has 2 aromatic carbocycles. The fraction of sp³-hybridized carbons (Fsp3) is 0.300. The Morgan fingerprint density at radius 2 is 1.88 bits per heavy atom. The third kappa shape index (κ3) is 3.06. The van der Waals surface area contributed by atoms with Gasteiger partial charge in [0.15, 0.2) is 0 Å². The van der Waals surface area contributed by atoms with E-state index in [-0.39, 0.29) is 11.8 Å². The van der Waals surface area contributed by atoms with Crippen molar-refractivity contribution in [2.24, 2.45) is 5.92 Å². The molecule has 0 spiro atoms.